The van der Waals surface area contributed by atoms with Crippen LogP contribution in [0.5, 0.6) is 17.2 Å². The molecule has 1 aromatic heterocycles. The summed E-state index contributed by atoms with van der Waals surface area (Å²) < 4.78 is 17.0. The summed E-state index contributed by atoms with van der Waals surface area (Å²) in [6.07, 6.45) is 5.56. The maximum Gasteiger partial charge on any atom is 0.220 e. The maximum absolute atomic E-state index is 12.2. The molecule has 168 valence electrons. The molecular formula is C26H30N2O4. The third kappa shape index (κ3) is 7.61. The van der Waals surface area contributed by atoms with Crippen LogP contribution in [0.2, 0.25) is 0 Å². The topological polar surface area (TPSA) is 69.7 Å². The molecule has 0 saturated heterocycles. The Morgan fingerprint density at radius 1 is 0.938 bits per heavy atom. The molecule has 1 N–H and O–H groups in total. The van der Waals surface area contributed by atoms with Gasteiger partial charge in [0.05, 0.1) is 13.7 Å². The predicted octanol–water partition coefficient (Wildman–Crippen LogP) is 4.84. The number of carbonyl (C=O) groups is 1. The highest BCUT2D eigenvalue weighted by atomic mass is 16.5. The van der Waals surface area contributed by atoms with Crippen LogP contribution in [0.3, 0.4) is 0 Å². The van der Waals surface area contributed by atoms with Crippen LogP contribution in [0.1, 0.15) is 36.0 Å². The second kappa shape index (κ2) is 12.3. The molecule has 0 spiro atoms. The zero-order valence-electron chi connectivity index (χ0n) is 18.7. The lowest BCUT2D eigenvalue weighted by atomic mass is 10.2. The van der Waals surface area contributed by atoms with Crippen molar-refractivity contribution in [3.63, 3.8) is 0 Å². The van der Waals surface area contributed by atoms with Gasteiger partial charge in [-0.3, -0.25) is 9.78 Å². The summed E-state index contributed by atoms with van der Waals surface area (Å²) in [5.41, 5.74) is 3.16. The Balaban J connectivity index is 1.37. The number of aryl methyl sites for hydroxylation is 1. The highest BCUT2D eigenvalue weighted by molar-refractivity contribution is 5.75. The lowest BCUT2D eigenvalue weighted by molar-refractivity contribution is -0.121. The third-order valence-corrected chi connectivity index (χ3v) is 4.92. The van der Waals surface area contributed by atoms with E-state index < -0.39 is 0 Å². The molecule has 0 fully saturated rings. The van der Waals surface area contributed by atoms with Crippen molar-refractivity contribution in [1.82, 2.24) is 10.3 Å². The summed E-state index contributed by atoms with van der Waals surface area (Å²) >= 11 is 0. The van der Waals surface area contributed by atoms with E-state index in [2.05, 4.69) is 10.3 Å². The van der Waals surface area contributed by atoms with E-state index in [0.717, 1.165) is 29.7 Å². The third-order valence-electron chi connectivity index (χ3n) is 4.92. The Labute approximate surface area is 189 Å². The van der Waals surface area contributed by atoms with E-state index in [1.54, 1.807) is 19.5 Å². The molecule has 1 heterocycles. The molecule has 6 heteroatoms. The van der Waals surface area contributed by atoms with Crippen LogP contribution in [0.25, 0.3) is 0 Å². The van der Waals surface area contributed by atoms with Crippen LogP contribution >= 0.6 is 0 Å². The van der Waals surface area contributed by atoms with E-state index >= 15 is 0 Å². The fourth-order valence-corrected chi connectivity index (χ4v) is 3.15. The van der Waals surface area contributed by atoms with Crippen molar-refractivity contribution in [2.45, 2.75) is 39.3 Å². The van der Waals surface area contributed by atoms with Crippen molar-refractivity contribution in [2.75, 3.05) is 13.7 Å². The molecule has 6 nitrogen and oxygen atoms in total. The van der Waals surface area contributed by atoms with Gasteiger partial charge < -0.3 is 19.5 Å². The molecule has 0 radical (unpaired) electrons. The van der Waals surface area contributed by atoms with Gasteiger partial charge in [0, 0.05) is 25.4 Å². The predicted molar refractivity (Wildman–Crippen MR) is 124 cm³/mol. The average Bonchev–Trinajstić information content (AvgIpc) is 2.82. The Morgan fingerprint density at radius 2 is 1.78 bits per heavy atom. The number of benzene rings is 2. The van der Waals surface area contributed by atoms with Crippen molar-refractivity contribution < 1.29 is 19.0 Å². The highest BCUT2D eigenvalue weighted by Crippen LogP contribution is 2.28. The van der Waals surface area contributed by atoms with Crippen molar-refractivity contribution in [3.8, 4) is 17.2 Å². The van der Waals surface area contributed by atoms with Gasteiger partial charge in [0.15, 0.2) is 11.5 Å². The summed E-state index contributed by atoms with van der Waals surface area (Å²) in [4.78, 5) is 16.2. The number of unbranched alkanes of at least 4 members (excludes halogenated alkanes) is 1. The minimum Gasteiger partial charge on any atom is -0.494 e. The second-order valence-electron chi connectivity index (χ2n) is 7.53. The summed E-state index contributed by atoms with van der Waals surface area (Å²) in [7, 11) is 1.61. The summed E-state index contributed by atoms with van der Waals surface area (Å²) in [5, 5.41) is 2.96. The van der Waals surface area contributed by atoms with Crippen LogP contribution in [0.15, 0.2) is 67.0 Å². The molecule has 0 aliphatic heterocycles. The number of pyridine rings is 1. The number of aromatic nitrogens is 1. The molecule has 3 aromatic rings. The zero-order valence-corrected chi connectivity index (χ0v) is 18.7. The minimum atomic E-state index is 0.0255. The average molecular weight is 435 g/mol. The van der Waals surface area contributed by atoms with Crippen LogP contribution in [-0.2, 0) is 17.9 Å². The van der Waals surface area contributed by atoms with Gasteiger partial charge in [-0.05, 0) is 72.9 Å². The van der Waals surface area contributed by atoms with Crippen LogP contribution in [0.4, 0.5) is 0 Å². The molecule has 0 unspecified atom stereocenters. The standard InChI is InChI=1S/C26H30N2O4/c1-20-6-5-7-23(16-20)31-15-4-3-8-26(29)28-18-22-9-10-24(25(17-22)30-2)32-19-21-11-13-27-14-12-21/h5-7,9-14,16-17H,3-4,8,15,18-19H2,1-2H3,(H,28,29). The van der Waals surface area contributed by atoms with E-state index in [1.165, 1.54) is 5.56 Å². The SMILES string of the molecule is COc1cc(CNC(=O)CCCCOc2cccc(C)c2)ccc1OCc1ccncc1. The van der Waals surface area contributed by atoms with Crippen molar-refractivity contribution in [3.05, 3.63) is 83.7 Å². The lowest BCUT2D eigenvalue weighted by Gasteiger charge is -2.13. The Hall–Kier alpha value is -3.54. The number of rotatable bonds is 12. The van der Waals surface area contributed by atoms with Gasteiger partial charge in [-0.2, -0.15) is 0 Å². The van der Waals surface area contributed by atoms with Gasteiger partial charge in [0.1, 0.15) is 12.4 Å². The largest absolute Gasteiger partial charge is 0.494 e. The number of amides is 1. The molecular weight excluding hydrogens is 404 g/mol. The molecule has 0 atom stereocenters. The van der Waals surface area contributed by atoms with Crippen molar-refractivity contribution in [2.24, 2.45) is 0 Å². The zero-order chi connectivity index (χ0) is 22.6. The summed E-state index contributed by atoms with van der Waals surface area (Å²) in [6.45, 7) is 3.52. The number of nitrogens with one attached hydrogen (secondary N) is 1. The Kier molecular flexibility index (Phi) is 8.92. The first kappa shape index (κ1) is 23.1. The van der Waals surface area contributed by atoms with E-state index in [9.17, 15) is 4.79 Å². The number of ether oxygens (including phenoxy) is 3. The number of methoxy groups -OCH3 is 1. The van der Waals surface area contributed by atoms with Gasteiger partial charge in [0.25, 0.3) is 0 Å². The van der Waals surface area contributed by atoms with Gasteiger partial charge in [0.2, 0.25) is 5.91 Å². The van der Waals surface area contributed by atoms with Gasteiger partial charge in [-0.15, -0.1) is 0 Å². The maximum atomic E-state index is 12.2. The van der Waals surface area contributed by atoms with E-state index in [-0.39, 0.29) is 5.91 Å². The Bertz CT molecular complexity index is 992. The first-order valence-corrected chi connectivity index (χ1v) is 10.8. The molecule has 0 aliphatic rings. The minimum absolute atomic E-state index is 0.0255. The van der Waals surface area contributed by atoms with Crippen LogP contribution in [0, 0.1) is 6.92 Å². The monoisotopic (exact) mass is 434 g/mol. The van der Waals surface area contributed by atoms with E-state index in [1.807, 2.05) is 61.5 Å². The highest BCUT2D eigenvalue weighted by Gasteiger charge is 2.08. The lowest BCUT2D eigenvalue weighted by Crippen LogP contribution is -2.22. The molecule has 0 aliphatic carbocycles. The molecule has 32 heavy (non-hydrogen) atoms. The molecule has 2 aromatic carbocycles. The quantitative estimate of drug-likeness (QED) is 0.413. The smallest absolute Gasteiger partial charge is 0.220 e. The molecule has 0 saturated carbocycles. The van der Waals surface area contributed by atoms with Crippen molar-refractivity contribution in [1.29, 1.82) is 0 Å². The normalized spacial score (nSPS) is 10.4. The summed E-state index contributed by atoms with van der Waals surface area (Å²) in [6, 6.07) is 17.5. The number of hydrogen-bond acceptors (Lipinski definition) is 5. The molecule has 3 rings (SSSR count). The first-order valence-electron chi connectivity index (χ1n) is 10.8. The van der Waals surface area contributed by atoms with Gasteiger partial charge >= 0.3 is 0 Å². The number of hydrogen-bond donors (Lipinski definition) is 1. The van der Waals surface area contributed by atoms with Crippen molar-refractivity contribution >= 4 is 5.91 Å². The van der Waals surface area contributed by atoms with Crippen LogP contribution < -0.4 is 19.5 Å². The second-order valence-corrected chi connectivity index (χ2v) is 7.53. The molecule has 1 amide bonds. The number of nitrogens with zero attached hydrogens (tertiary/aromatic N) is 1. The summed E-state index contributed by atoms with van der Waals surface area (Å²) in [5.74, 6) is 2.20. The van der Waals surface area contributed by atoms with E-state index in [0.29, 0.717) is 37.7 Å². The van der Waals surface area contributed by atoms with Gasteiger partial charge in [-0.1, -0.05) is 18.2 Å². The fourth-order valence-electron chi connectivity index (χ4n) is 3.15. The van der Waals surface area contributed by atoms with Gasteiger partial charge in [-0.25, -0.2) is 0 Å². The van der Waals surface area contributed by atoms with E-state index in [4.69, 9.17) is 14.2 Å². The fraction of sp³-hybridized carbons (Fsp3) is 0.308. The first-order chi connectivity index (χ1) is 15.6. The Morgan fingerprint density at radius 3 is 2.56 bits per heavy atom. The van der Waals surface area contributed by atoms with Crippen LogP contribution in [-0.4, -0.2) is 24.6 Å². The molecule has 0 bridgehead atoms. The number of carbonyl (C=O) groups excluding carboxylic acids is 1.